The van der Waals surface area contributed by atoms with Crippen molar-refractivity contribution in [1.29, 1.82) is 0 Å². The Morgan fingerprint density at radius 2 is 1.24 bits per heavy atom. The van der Waals surface area contributed by atoms with Crippen molar-refractivity contribution < 1.29 is 4.79 Å². The predicted molar refractivity (Wildman–Crippen MR) is 111 cm³/mol. The Balaban J connectivity index is 1.98. The van der Waals surface area contributed by atoms with E-state index >= 15 is 0 Å². The molecule has 0 radical (unpaired) electrons. The first-order valence-corrected chi connectivity index (χ1v) is 12.4. The summed E-state index contributed by atoms with van der Waals surface area (Å²) in [5.74, 6) is 0. The van der Waals surface area contributed by atoms with Crippen molar-refractivity contribution >= 4 is 30.1 Å². The van der Waals surface area contributed by atoms with Gasteiger partial charge in [0.05, 0.1) is 8.07 Å². The summed E-state index contributed by atoms with van der Waals surface area (Å²) in [5.41, 5.74) is 2.00. The molecule has 3 aromatic rings. The van der Waals surface area contributed by atoms with Crippen molar-refractivity contribution in [2.45, 2.75) is 18.0 Å². The molecule has 126 valence electrons. The lowest BCUT2D eigenvalue weighted by Crippen LogP contribution is -2.46. The molecule has 0 spiro atoms. The Kier molecular flexibility index (Phi) is 5.56. The van der Waals surface area contributed by atoms with Crippen LogP contribution in [0, 0.1) is 0 Å². The Morgan fingerprint density at radius 3 is 1.80 bits per heavy atom. The first kappa shape index (κ1) is 17.7. The monoisotopic (exact) mass is 362 g/mol. The molecule has 3 heteroatoms. The number of hydrogen-bond donors (Lipinski definition) is 0. The zero-order chi connectivity index (χ0) is 17.7. The molecular formula is C22H22OSSi. The summed E-state index contributed by atoms with van der Waals surface area (Å²) in [6, 6.07) is 30.7. The van der Waals surface area contributed by atoms with Crippen LogP contribution < -0.4 is 5.19 Å². The summed E-state index contributed by atoms with van der Waals surface area (Å²) in [5, 5.41) is 1.52. The fourth-order valence-electron chi connectivity index (χ4n) is 3.03. The molecule has 1 nitrogen and oxygen atoms in total. The van der Waals surface area contributed by atoms with Gasteiger partial charge in [0.15, 0.2) is 0 Å². The quantitative estimate of drug-likeness (QED) is 0.561. The Labute approximate surface area is 155 Å². The summed E-state index contributed by atoms with van der Waals surface area (Å²) in [4.78, 5) is 13.1. The summed E-state index contributed by atoms with van der Waals surface area (Å²) in [7, 11) is -1.90. The minimum Gasteiger partial charge on any atom is -0.282 e. The number of thioether (sulfide) groups is 1. The van der Waals surface area contributed by atoms with E-state index in [-0.39, 0.29) is 9.99 Å². The third-order valence-corrected chi connectivity index (χ3v) is 11.1. The molecule has 3 aromatic carbocycles. The molecule has 0 aromatic heterocycles. The second-order valence-corrected chi connectivity index (χ2v) is 12.7. The molecule has 0 bridgehead atoms. The van der Waals surface area contributed by atoms with Crippen LogP contribution in [0.5, 0.6) is 0 Å². The van der Waals surface area contributed by atoms with Crippen LogP contribution in [-0.4, -0.2) is 13.2 Å². The molecule has 0 amide bonds. The van der Waals surface area contributed by atoms with Gasteiger partial charge < -0.3 is 0 Å². The molecular weight excluding hydrogens is 340 g/mol. The van der Waals surface area contributed by atoms with Crippen LogP contribution in [0.4, 0.5) is 0 Å². The van der Waals surface area contributed by atoms with Crippen LogP contribution in [0.2, 0.25) is 13.1 Å². The largest absolute Gasteiger partial charge is 0.282 e. The van der Waals surface area contributed by atoms with Crippen LogP contribution in [0.1, 0.15) is 20.8 Å². The maximum absolute atomic E-state index is 12.9. The molecule has 25 heavy (non-hydrogen) atoms. The molecule has 0 fully saturated rings. The second kappa shape index (κ2) is 7.85. The highest BCUT2D eigenvalue weighted by Crippen LogP contribution is 2.39. The Morgan fingerprint density at radius 1 is 0.760 bits per heavy atom. The average molecular weight is 363 g/mol. The molecule has 0 N–H and O–H groups in total. The standard InChI is InChI=1S/C22H22OSSi/c1-25(2,20-16-10-5-11-17-20)22(19-14-8-4-9-15-19)24-21(23)18-12-6-3-7-13-18/h3-17,22H,1-2H3. The van der Waals surface area contributed by atoms with Crippen molar-refractivity contribution in [2.24, 2.45) is 0 Å². The SMILES string of the molecule is C[Si](C)(c1ccccc1)C(SC(=O)c1ccccc1)c1ccccc1. The maximum atomic E-state index is 12.9. The fourth-order valence-corrected chi connectivity index (χ4v) is 8.10. The Hall–Kier alpha value is -2.10. The molecule has 0 heterocycles. The first-order valence-electron chi connectivity index (χ1n) is 8.45. The lowest BCUT2D eigenvalue weighted by Gasteiger charge is -2.32. The van der Waals surface area contributed by atoms with Crippen LogP contribution >= 0.6 is 11.8 Å². The summed E-state index contributed by atoms with van der Waals surface area (Å²) >= 11 is 1.48. The normalized spacial score (nSPS) is 12.6. The lowest BCUT2D eigenvalue weighted by molar-refractivity contribution is 0.108. The second-order valence-electron chi connectivity index (χ2n) is 6.65. The van der Waals surface area contributed by atoms with Gasteiger partial charge in [-0.15, -0.1) is 0 Å². The van der Waals surface area contributed by atoms with E-state index in [1.165, 1.54) is 22.5 Å². The van der Waals surface area contributed by atoms with Crippen LogP contribution in [-0.2, 0) is 0 Å². The lowest BCUT2D eigenvalue weighted by atomic mass is 10.2. The van der Waals surface area contributed by atoms with Crippen molar-refractivity contribution in [3.63, 3.8) is 0 Å². The molecule has 0 aliphatic heterocycles. The van der Waals surface area contributed by atoms with Crippen LogP contribution in [0.15, 0.2) is 91.0 Å². The highest BCUT2D eigenvalue weighted by molar-refractivity contribution is 8.15. The number of carbonyl (C=O) groups is 1. The van der Waals surface area contributed by atoms with Gasteiger partial charge in [-0.1, -0.05) is 121 Å². The molecule has 1 unspecified atom stereocenters. The van der Waals surface area contributed by atoms with Crippen LogP contribution in [0.25, 0.3) is 0 Å². The van der Waals surface area contributed by atoms with E-state index in [4.69, 9.17) is 0 Å². The molecule has 3 rings (SSSR count). The number of hydrogen-bond acceptors (Lipinski definition) is 2. The van der Waals surface area contributed by atoms with E-state index in [0.29, 0.717) is 0 Å². The molecule has 0 aliphatic rings. The average Bonchev–Trinajstić information content (AvgIpc) is 2.68. The van der Waals surface area contributed by atoms with Crippen molar-refractivity contribution in [3.8, 4) is 0 Å². The van der Waals surface area contributed by atoms with Gasteiger partial charge in [-0.05, 0) is 5.56 Å². The number of rotatable bonds is 5. The van der Waals surface area contributed by atoms with Crippen molar-refractivity contribution in [1.82, 2.24) is 0 Å². The van der Waals surface area contributed by atoms with Crippen molar-refractivity contribution in [2.75, 3.05) is 0 Å². The van der Waals surface area contributed by atoms with E-state index in [0.717, 1.165) is 5.56 Å². The maximum Gasteiger partial charge on any atom is 0.219 e. The van der Waals surface area contributed by atoms with E-state index in [9.17, 15) is 4.79 Å². The van der Waals surface area contributed by atoms with Gasteiger partial charge in [0.2, 0.25) is 5.12 Å². The fraction of sp³-hybridized carbons (Fsp3) is 0.136. The minimum atomic E-state index is -1.90. The van der Waals surface area contributed by atoms with Gasteiger partial charge in [-0.2, -0.15) is 0 Å². The Bertz CT molecular complexity index is 816. The van der Waals surface area contributed by atoms with E-state index in [1.807, 2.05) is 42.5 Å². The van der Waals surface area contributed by atoms with Gasteiger partial charge in [-0.25, -0.2) is 0 Å². The van der Waals surface area contributed by atoms with Gasteiger partial charge in [0, 0.05) is 10.4 Å². The van der Waals surface area contributed by atoms with Gasteiger partial charge >= 0.3 is 0 Å². The molecule has 0 saturated carbocycles. The summed E-state index contributed by atoms with van der Waals surface area (Å²) in [6.07, 6.45) is 0. The van der Waals surface area contributed by atoms with Crippen LogP contribution in [0.3, 0.4) is 0 Å². The summed E-state index contributed by atoms with van der Waals surface area (Å²) in [6.45, 7) is 4.70. The van der Waals surface area contributed by atoms with Gasteiger partial charge in [0.1, 0.15) is 0 Å². The van der Waals surface area contributed by atoms with Gasteiger partial charge in [0.25, 0.3) is 0 Å². The van der Waals surface area contributed by atoms with E-state index in [1.54, 1.807) is 0 Å². The first-order chi connectivity index (χ1) is 12.1. The highest BCUT2D eigenvalue weighted by atomic mass is 32.2. The van der Waals surface area contributed by atoms with Crippen molar-refractivity contribution in [3.05, 3.63) is 102 Å². The third kappa shape index (κ3) is 4.12. The molecule has 1 atom stereocenters. The number of benzene rings is 3. The predicted octanol–water partition coefficient (Wildman–Crippen LogP) is 5.46. The smallest absolute Gasteiger partial charge is 0.219 e. The molecule has 0 aliphatic carbocycles. The highest BCUT2D eigenvalue weighted by Gasteiger charge is 2.37. The molecule has 0 saturated heterocycles. The zero-order valence-corrected chi connectivity index (χ0v) is 16.4. The zero-order valence-electron chi connectivity index (χ0n) is 14.6. The summed E-state index contributed by atoms with van der Waals surface area (Å²) < 4.78 is 0. The van der Waals surface area contributed by atoms with Gasteiger partial charge in [-0.3, -0.25) is 4.79 Å². The van der Waals surface area contributed by atoms with E-state index < -0.39 is 8.07 Å². The minimum absolute atomic E-state index is 0.144. The number of carbonyl (C=O) groups excluding carboxylic acids is 1. The topological polar surface area (TPSA) is 17.1 Å². The third-order valence-electron chi connectivity index (χ3n) is 4.51. The van der Waals surface area contributed by atoms with E-state index in [2.05, 4.69) is 61.6 Å².